The molecule has 1 aromatic heterocycles. The fourth-order valence-corrected chi connectivity index (χ4v) is 3.68. The second-order valence-corrected chi connectivity index (χ2v) is 7.76. The number of rotatable bonds is 5. The second kappa shape index (κ2) is 9.13. The van der Waals surface area contributed by atoms with E-state index in [1.54, 1.807) is 0 Å². The molecule has 0 spiro atoms. The molecule has 1 fully saturated rings. The predicted octanol–water partition coefficient (Wildman–Crippen LogP) is -0.530. The van der Waals surface area contributed by atoms with Gasteiger partial charge in [0.2, 0.25) is 23.2 Å². The van der Waals surface area contributed by atoms with Crippen LogP contribution in [0, 0.1) is 0 Å². The molecule has 8 N–H and O–H groups in total. The second-order valence-electron chi connectivity index (χ2n) is 7.76. The first-order chi connectivity index (χ1) is 16.6. The lowest BCUT2D eigenvalue weighted by Gasteiger charge is -2.39. The van der Waals surface area contributed by atoms with Crippen LogP contribution in [0.1, 0.15) is 0 Å². The lowest BCUT2D eigenvalue weighted by atomic mass is 9.99. The van der Waals surface area contributed by atoms with E-state index in [2.05, 4.69) is 0 Å². The zero-order chi connectivity index (χ0) is 25.6. The number of phenolic OH excluding ortho intramolecular Hbond substituents is 4. The quantitative estimate of drug-likeness (QED) is 0.209. The fraction of sp³-hybridized carbons (Fsp3) is 0.318. The Balaban J connectivity index is 1.95. The first kappa shape index (κ1) is 24.4. The van der Waals surface area contributed by atoms with E-state index in [1.165, 1.54) is 13.2 Å². The van der Waals surface area contributed by atoms with Gasteiger partial charge in [-0.05, 0) is 18.2 Å². The molecule has 2 aromatic carbocycles. The Kier molecular flexibility index (Phi) is 6.36. The van der Waals surface area contributed by atoms with Crippen LogP contribution in [0.3, 0.4) is 0 Å². The van der Waals surface area contributed by atoms with Crippen LogP contribution in [0.25, 0.3) is 22.3 Å². The van der Waals surface area contributed by atoms with Crippen molar-refractivity contribution >= 4 is 11.0 Å². The van der Waals surface area contributed by atoms with E-state index in [9.17, 15) is 45.6 Å². The third kappa shape index (κ3) is 4.05. The molecule has 0 aliphatic carbocycles. The summed E-state index contributed by atoms with van der Waals surface area (Å²) in [7, 11) is 1.20. The minimum Gasteiger partial charge on any atom is -0.504 e. The summed E-state index contributed by atoms with van der Waals surface area (Å²) in [6.45, 7) is -0.760. The number of ether oxygens (including phenoxy) is 3. The Labute approximate surface area is 195 Å². The Bertz CT molecular complexity index is 1320. The SMILES string of the molecule is COc1cc2oc(-c3ccc(O)c(O)c3)c(O[C@@H]3O[C@@H](CO)[C@H](O)[C@H](O)[C@@H]3O)c(=O)c2c(O)c1O. The molecule has 1 aliphatic heterocycles. The van der Waals surface area contributed by atoms with Crippen molar-refractivity contribution in [1.29, 1.82) is 0 Å². The molecule has 0 saturated carbocycles. The average molecular weight is 494 g/mol. The molecule has 1 aliphatic rings. The molecule has 13 nitrogen and oxygen atoms in total. The van der Waals surface area contributed by atoms with Crippen LogP contribution < -0.4 is 14.9 Å². The molecule has 4 rings (SSSR count). The molecule has 0 unspecified atom stereocenters. The molecule has 0 bridgehead atoms. The minimum absolute atomic E-state index is 0.00502. The number of hydrogen-bond acceptors (Lipinski definition) is 13. The van der Waals surface area contributed by atoms with Crippen LogP contribution in [-0.2, 0) is 4.74 Å². The Hall–Kier alpha value is -3.75. The maximum Gasteiger partial charge on any atom is 0.239 e. The first-order valence-corrected chi connectivity index (χ1v) is 10.2. The van der Waals surface area contributed by atoms with Gasteiger partial charge in [-0.3, -0.25) is 4.79 Å². The number of phenols is 4. The minimum atomic E-state index is -1.89. The van der Waals surface area contributed by atoms with Gasteiger partial charge in [-0.25, -0.2) is 0 Å². The molecule has 3 aromatic rings. The highest BCUT2D eigenvalue weighted by atomic mass is 16.7. The number of aliphatic hydroxyl groups is 4. The molecule has 2 heterocycles. The van der Waals surface area contributed by atoms with Gasteiger partial charge in [0, 0.05) is 11.6 Å². The maximum absolute atomic E-state index is 13.4. The van der Waals surface area contributed by atoms with E-state index in [-0.39, 0.29) is 22.7 Å². The number of benzene rings is 2. The maximum atomic E-state index is 13.4. The highest BCUT2D eigenvalue weighted by molar-refractivity contribution is 5.91. The predicted molar refractivity (Wildman–Crippen MR) is 116 cm³/mol. The fourth-order valence-electron chi connectivity index (χ4n) is 3.68. The van der Waals surface area contributed by atoms with Gasteiger partial charge in [0.05, 0.1) is 13.7 Å². The Morgan fingerprint density at radius 1 is 0.943 bits per heavy atom. The van der Waals surface area contributed by atoms with Crippen LogP contribution in [-0.4, -0.2) is 85.3 Å². The van der Waals surface area contributed by atoms with Crippen LogP contribution in [0.5, 0.6) is 34.5 Å². The van der Waals surface area contributed by atoms with Gasteiger partial charge in [-0.1, -0.05) is 0 Å². The third-order valence-corrected chi connectivity index (χ3v) is 5.59. The molecule has 5 atom stereocenters. The summed E-state index contributed by atoms with van der Waals surface area (Å²) in [5.41, 5.74) is -1.31. The van der Waals surface area contributed by atoms with Crippen molar-refractivity contribution in [3.63, 3.8) is 0 Å². The van der Waals surface area contributed by atoms with E-state index in [4.69, 9.17) is 18.6 Å². The highest BCUT2D eigenvalue weighted by Gasteiger charge is 2.45. The van der Waals surface area contributed by atoms with Gasteiger partial charge in [-0.2, -0.15) is 0 Å². The van der Waals surface area contributed by atoms with Crippen molar-refractivity contribution in [3.05, 3.63) is 34.5 Å². The van der Waals surface area contributed by atoms with Crippen LogP contribution in [0.4, 0.5) is 0 Å². The molecular formula is C22H22O13. The largest absolute Gasteiger partial charge is 0.504 e. The highest BCUT2D eigenvalue weighted by Crippen LogP contribution is 2.44. The number of methoxy groups -OCH3 is 1. The standard InChI is InChI=1S/C22H22O13/c1-32-11-5-10-13(16(28)14(11)26)17(29)21(20(33-10)7-2-3-8(24)9(25)4-7)35-22-19(31)18(30)15(27)12(6-23)34-22/h2-5,12,15,18-19,22-28,30-31H,6H2,1H3/t12-,15-,18-,19-,22-/m0/s1. The monoisotopic (exact) mass is 494 g/mol. The summed E-state index contributed by atoms with van der Waals surface area (Å²) < 4.78 is 21.5. The summed E-state index contributed by atoms with van der Waals surface area (Å²) in [6, 6.07) is 4.52. The van der Waals surface area contributed by atoms with Crippen LogP contribution >= 0.6 is 0 Å². The Morgan fingerprint density at radius 2 is 1.66 bits per heavy atom. The van der Waals surface area contributed by atoms with E-state index in [0.29, 0.717) is 0 Å². The number of hydrogen-bond donors (Lipinski definition) is 8. The van der Waals surface area contributed by atoms with Gasteiger partial charge < -0.3 is 59.5 Å². The van der Waals surface area contributed by atoms with Crippen molar-refractivity contribution in [1.82, 2.24) is 0 Å². The Morgan fingerprint density at radius 3 is 2.29 bits per heavy atom. The molecule has 0 radical (unpaired) electrons. The summed E-state index contributed by atoms with van der Waals surface area (Å²) in [5.74, 6) is -3.98. The van der Waals surface area contributed by atoms with E-state index in [1.807, 2.05) is 0 Å². The van der Waals surface area contributed by atoms with Gasteiger partial charge in [0.15, 0.2) is 28.8 Å². The van der Waals surface area contributed by atoms with Gasteiger partial charge >= 0.3 is 0 Å². The smallest absolute Gasteiger partial charge is 0.239 e. The third-order valence-electron chi connectivity index (χ3n) is 5.59. The summed E-state index contributed by atoms with van der Waals surface area (Å²) in [4.78, 5) is 13.4. The summed E-state index contributed by atoms with van der Waals surface area (Å²) >= 11 is 0. The molecule has 1 saturated heterocycles. The van der Waals surface area contributed by atoms with Gasteiger partial charge in [0.25, 0.3) is 0 Å². The normalized spacial score (nSPS) is 24.4. The number of aliphatic hydroxyl groups excluding tert-OH is 4. The van der Waals surface area contributed by atoms with Crippen molar-refractivity contribution in [2.75, 3.05) is 13.7 Å². The summed E-state index contributed by atoms with van der Waals surface area (Å²) in [6.07, 6.45) is -8.55. The summed E-state index contributed by atoms with van der Waals surface area (Å²) in [5, 5.41) is 79.4. The average Bonchev–Trinajstić information content (AvgIpc) is 2.84. The molecule has 35 heavy (non-hydrogen) atoms. The van der Waals surface area contributed by atoms with E-state index >= 15 is 0 Å². The molecule has 13 heteroatoms. The van der Waals surface area contributed by atoms with Crippen LogP contribution in [0.2, 0.25) is 0 Å². The topological polar surface area (TPSA) is 220 Å². The van der Waals surface area contributed by atoms with Gasteiger partial charge in [-0.15, -0.1) is 0 Å². The van der Waals surface area contributed by atoms with E-state index in [0.717, 1.165) is 18.2 Å². The zero-order valence-electron chi connectivity index (χ0n) is 18.0. The van der Waals surface area contributed by atoms with Crippen LogP contribution in [0.15, 0.2) is 33.5 Å². The van der Waals surface area contributed by atoms with Crippen molar-refractivity contribution < 1.29 is 59.5 Å². The lowest BCUT2D eigenvalue weighted by Crippen LogP contribution is -2.60. The lowest BCUT2D eigenvalue weighted by molar-refractivity contribution is -0.277. The molecular weight excluding hydrogens is 472 g/mol. The zero-order valence-corrected chi connectivity index (χ0v) is 18.0. The molecule has 188 valence electrons. The number of fused-ring (bicyclic) bond motifs is 1. The van der Waals surface area contributed by atoms with Crippen molar-refractivity contribution in [2.45, 2.75) is 30.7 Å². The number of aromatic hydroxyl groups is 4. The first-order valence-electron chi connectivity index (χ1n) is 10.2. The van der Waals surface area contributed by atoms with Crippen molar-refractivity contribution in [3.8, 4) is 45.8 Å². The van der Waals surface area contributed by atoms with Crippen molar-refractivity contribution in [2.24, 2.45) is 0 Å². The van der Waals surface area contributed by atoms with E-state index < -0.39 is 76.9 Å². The van der Waals surface area contributed by atoms with Gasteiger partial charge in [0.1, 0.15) is 35.4 Å². The molecule has 0 amide bonds.